The van der Waals surface area contributed by atoms with Gasteiger partial charge in [-0.1, -0.05) is 0 Å². The van der Waals surface area contributed by atoms with Crippen molar-refractivity contribution in [3.8, 4) is 0 Å². The van der Waals surface area contributed by atoms with Crippen LogP contribution in [0.5, 0.6) is 0 Å². The second-order valence-electron chi connectivity index (χ2n) is 3.17. The zero-order valence-corrected chi connectivity index (χ0v) is 16.0. The lowest BCUT2D eigenvalue weighted by atomic mass is 10.2. The maximum absolute atomic E-state index is 11.7. The number of carbonyl (C=O) groups excluding carboxylic acids is 1. The van der Waals surface area contributed by atoms with Crippen LogP contribution in [0.4, 0.5) is 0 Å². The van der Waals surface area contributed by atoms with Crippen LogP contribution in [-0.2, 0) is 14.9 Å². The molecule has 1 rings (SSSR count). The highest BCUT2D eigenvalue weighted by Crippen LogP contribution is 2.23. The molecule has 0 amide bonds. The summed E-state index contributed by atoms with van der Waals surface area (Å²) in [5.41, 5.74) is 0.391. The monoisotopic (exact) mass is 608 g/mol. The molecule has 0 radical (unpaired) electrons. The van der Waals surface area contributed by atoms with Gasteiger partial charge in [-0.25, -0.2) is 4.79 Å². The first-order valence-corrected chi connectivity index (χ1v) is 9.32. The number of carbonyl (C=O) groups is 1. The van der Waals surface area contributed by atoms with Gasteiger partial charge in [-0.15, -0.1) is 0 Å². The fourth-order valence-electron chi connectivity index (χ4n) is 1.02. The van der Waals surface area contributed by atoms with Gasteiger partial charge in [0.1, 0.15) is 12.4 Å². The Hall–Kier alpha value is 0.790. The molecule has 0 heterocycles. The Balaban J connectivity index is 2.79. The van der Waals surface area contributed by atoms with Crippen molar-refractivity contribution in [3.05, 3.63) is 28.4 Å². The largest absolute Gasteiger partial charge is 0.461 e. The normalized spacial score (nSPS) is 11.3. The summed E-state index contributed by atoms with van der Waals surface area (Å²) < 4.78 is 36.9. The maximum atomic E-state index is 11.7. The van der Waals surface area contributed by atoms with Crippen molar-refractivity contribution in [1.29, 1.82) is 0 Å². The minimum Gasteiger partial charge on any atom is -0.461 e. The van der Waals surface area contributed by atoms with Crippen LogP contribution in [0, 0.1) is 10.7 Å². The lowest BCUT2D eigenvalue weighted by Crippen LogP contribution is -2.15. The molecule has 0 aliphatic rings. The average Bonchev–Trinajstić information content (AvgIpc) is 2.21. The predicted molar refractivity (Wildman–Crippen MR) is 91.3 cm³/mol. The van der Waals surface area contributed by atoms with Gasteiger partial charge in [0.25, 0.3) is 10.1 Å². The molecule has 0 saturated carbocycles. The first-order chi connectivity index (χ1) is 8.20. The van der Waals surface area contributed by atoms with Gasteiger partial charge in [-0.3, -0.25) is 4.55 Å². The number of esters is 1. The second kappa shape index (κ2) is 6.99. The molecule has 1 aromatic rings. The minimum atomic E-state index is -4.11. The standard InChI is InChI=1S/C9H7I3O5S/c10-5-3-6(8(12)7(11)4-5)9(13)17-1-2-18(14,15)16/h3-4H,1-2H2,(H,14,15,16). The van der Waals surface area contributed by atoms with E-state index >= 15 is 0 Å². The van der Waals surface area contributed by atoms with Crippen molar-refractivity contribution in [2.24, 2.45) is 0 Å². The van der Waals surface area contributed by atoms with Gasteiger partial charge in [-0.05, 0) is 79.9 Å². The van der Waals surface area contributed by atoms with Crippen molar-refractivity contribution in [2.45, 2.75) is 0 Å². The molecule has 0 aliphatic heterocycles. The zero-order valence-electron chi connectivity index (χ0n) is 8.69. The van der Waals surface area contributed by atoms with Gasteiger partial charge in [0.05, 0.1) is 5.56 Å². The number of ether oxygens (including phenoxy) is 1. The van der Waals surface area contributed by atoms with E-state index in [1.807, 2.05) is 28.7 Å². The molecule has 18 heavy (non-hydrogen) atoms. The summed E-state index contributed by atoms with van der Waals surface area (Å²) in [6, 6.07) is 3.58. The molecule has 1 N–H and O–H groups in total. The van der Waals surface area contributed by atoms with E-state index in [1.54, 1.807) is 6.07 Å². The number of halogens is 3. The summed E-state index contributed by atoms with van der Waals surface area (Å²) in [6.45, 7) is -0.365. The molecule has 100 valence electrons. The summed E-state index contributed by atoms with van der Waals surface area (Å²) in [5, 5.41) is 0. The van der Waals surface area contributed by atoms with Crippen molar-refractivity contribution in [3.63, 3.8) is 0 Å². The summed E-state index contributed by atoms with van der Waals surface area (Å²) in [7, 11) is -4.11. The van der Waals surface area contributed by atoms with E-state index in [-0.39, 0.29) is 6.61 Å². The average molecular weight is 608 g/mol. The lowest BCUT2D eigenvalue weighted by Gasteiger charge is -2.07. The van der Waals surface area contributed by atoms with Crippen molar-refractivity contribution >= 4 is 83.9 Å². The van der Waals surface area contributed by atoms with Crippen LogP contribution in [0.1, 0.15) is 10.4 Å². The molecule has 0 atom stereocenters. The Morgan fingerprint density at radius 2 is 1.89 bits per heavy atom. The Kier molecular flexibility index (Phi) is 6.54. The Labute approximate surface area is 145 Å². The summed E-state index contributed by atoms with van der Waals surface area (Å²) in [4.78, 5) is 11.7. The number of hydrogen-bond acceptors (Lipinski definition) is 4. The van der Waals surface area contributed by atoms with E-state index in [2.05, 4.69) is 45.2 Å². The summed E-state index contributed by atoms with van der Waals surface area (Å²) >= 11 is 6.21. The quantitative estimate of drug-likeness (QED) is 0.246. The molecular formula is C9H7I3O5S. The van der Waals surface area contributed by atoms with E-state index in [0.29, 0.717) is 5.56 Å². The number of hydrogen-bond donors (Lipinski definition) is 1. The van der Waals surface area contributed by atoms with Crippen molar-refractivity contribution in [2.75, 3.05) is 12.4 Å². The Bertz CT molecular complexity index is 570. The fraction of sp³-hybridized carbons (Fsp3) is 0.222. The molecule has 0 fully saturated rings. The minimum absolute atomic E-state index is 0.365. The fourth-order valence-corrected chi connectivity index (χ4v) is 3.69. The van der Waals surface area contributed by atoms with Crippen LogP contribution in [0.15, 0.2) is 12.1 Å². The third-order valence-electron chi connectivity index (χ3n) is 1.79. The van der Waals surface area contributed by atoms with Gasteiger partial charge >= 0.3 is 5.97 Å². The Morgan fingerprint density at radius 1 is 1.28 bits per heavy atom. The highest BCUT2D eigenvalue weighted by Gasteiger charge is 2.16. The number of benzene rings is 1. The first kappa shape index (κ1) is 16.8. The molecule has 0 aromatic heterocycles. The molecular weight excluding hydrogens is 601 g/mol. The molecule has 9 heteroatoms. The van der Waals surface area contributed by atoms with E-state index in [9.17, 15) is 13.2 Å². The third-order valence-corrected chi connectivity index (χ3v) is 6.14. The van der Waals surface area contributed by atoms with Gasteiger partial charge in [0.15, 0.2) is 0 Å². The molecule has 5 nitrogen and oxygen atoms in total. The maximum Gasteiger partial charge on any atom is 0.339 e. The predicted octanol–water partition coefficient (Wildman–Crippen LogP) is 2.55. The topological polar surface area (TPSA) is 80.7 Å². The van der Waals surface area contributed by atoms with Crippen molar-refractivity contribution < 1.29 is 22.5 Å². The molecule has 1 aromatic carbocycles. The SMILES string of the molecule is O=C(OCCS(=O)(=O)O)c1cc(I)cc(I)c1I. The van der Waals surface area contributed by atoms with Gasteiger partial charge < -0.3 is 4.74 Å². The molecule has 0 bridgehead atoms. The molecule has 0 aliphatic carbocycles. The lowest BCUT2D eigenvalue weighted by molar-refractivity contribution is 0.0527. The highest BCUT2D eigenvalue weighted by molar-refractivity contribution is 14.1. The molecule has 0 spiro atoms. The Morgan fingerprint density at radius 3 is 2.44 bits per heavy atom. The van der Waals surface area contributed by atoms with Crippen LogP contribution >= 0.6 is 67.8 Å². The zero-order chi connectivity index (χ0) is 13.9. The second-order valence-corrected chi connectivity index (χ2v) is 8.23. The molecule has 0 saturated heterocycles. The summed E-state index contributed by atoms with van der Waals surface area (Å²) in [6.07, 6.45) is 0. The smallest absolute Gasteiger partial charge is 0.339 e. The van der Waals surface area contributed by atoms with E-state index < -0.39 is 21.8 Å². The summed E-state index contributed by atoms with van der Waals surface area (Å²) in [5.74, 6) is -1.20. The highest BCUT2D eigenvalue weighted by atomic mass is 127. The van der Waals surface area contributed by atoms with Gasteiger partial charge in [0, 0.05) is 10.7 Å². The van der Waals surface area contributed by atoms with Gasteiger partial charge in [0.2, 0.25) is 0 Å². The van der Waals surface area contributed by atoms with Crippen LogP contribution in [-0.4, -0.2) is 31.3 Å². The van der Waals surface area contributed by atoms with Crippen LogP contribution in [0.25, 0.3) is 0 Å². The van der Waals surface area contributed by atoms with Crippen LogP contribution in [0.2, 0.25) is 0 Å². The van der Waals surface area contributed by atoms with Gasteiger partial charge in [-0.2, -0.15) is 8.42 Å². The van der Waals surface area contributed by atoms with E-state index in [0.717, 1.165) is 10.7 Å². The van der Waals surface area contributed by atoms with E-state index in [4.69, 9.17) is 9.29 Å². The van der Waals surface area contributed by atoms with Crippen LogP contribution in [0.3, 0.4) is 0 Å². The third kappa shape index (κ3) is 5.42. The van der Waals surface area contributed by atoms with E-state index in [1.165, 1.54) is 0 Å². The number of rotatable bonds is 4. The van der Waals surface area contributed by atoms with Crippen LogP contribution < -0.4 is 0 Å². The molecule has 0 unspecified atom stereocenters. The van der Waals surface area contributed by atoms with Crippen molar-refractivity contribution in [1.82, 2.24) is 0 Å². The first-order valence-electron chi connectivity index (χ1n) is 4.47.